The van der Waals surface area contributed by atoms with Crippen LogP contribution < -0.4 is 5.32 Å². The Hall–Kier alpha value is -0.628. The van der Waals surface area contributed by atoms with Gasteiger partial charge in [0.05, 0.1) is 29.5 Å². The summed E-state index contributed by atoms with van der Waals surface area (Å²) in [5.41, 5.74) is 1.59. The quantitative estimate of drug-likeness (QED) is 0.394. The maximum atomic E-state index is 12.5. The fourth-order valence-corrected chi connectivity index (χ4v) is 4.47. The molecule has 0 saturated carbocycles. The first-order chi connectivity index (χ1) is 12.1. The van der Waals surface area contributed by atoms with Crippen LogP contribution in [-0.4, -0.2) is 61.4 Å². The van der Waals surface area contributed by atoms with Crippen LogP contribution in [0.4, 0.5) is 4.79 Å². The molecule has 1 aliphatic rings. The van der Waals surface area contributed by atoms with Gasteiger partial charge in [0.2, 0.25) is 0 Å². The Labute approximate surface area is 182 Å². The number of alkyl carbamates (subject to hydrolysis) is 1. The molecule has 1 aliphatic heterocycles. The number of hydrogen-bond acceptors (Lipinski definition) is 7. The molecule has 8 nitrogen and oxygen atoms in total. The molecule has 10 heteroatoms. The minimum Gasteiger partial charge on any atom is -0.544 e. The number of sulfone groups is 1. The van der Waals surface area contributed by atoms with E-state index in [1.54, 1.807) is 25.1 Å². The first-order valence-electron chi connectivity index (χ1n) is 8.19. The summed E-state index contributed by atoms with van der Waals surface area (Å²) in [5.74, 6) is -0.364. The molecule has 3 N–H and O–H groups in total. The number of nitrogens with one attached hydrogen (secondary N) is 1. The van der Waals surface area contributed by atoms with Gasteiger partial charge in [0, 0.05) is 31.1 Å². The molecule has 1 aromatic rings. The van der Waals surface area contributed by atoms with Gasteiger partial charge in [0.1, 0.15) is 6.10 Å². The molecule has 27 heavy (non-hydrogen) atoms. The largest absolute Gasteiger partial charge is 0.544 e. The van der Waals surface area contributed by atoms with Crippen LogP contribution in [0.15, 0.2) is 23.1 Å². The zero-order valence-corrected chi connectivity index (χ0v) is 20.4. The third-order valence-corrected chi connectivity index (χ3v) is 6.08. The Balaban J connectivity index is 0.00000364. The predicted molar refractivity (Wildman–Crippen MR) is 93.1 cm³/mol. The van der Waals surface area contributed by atoms with E-state index in [1.807, 2.05) is 6.92 Å². The van der Waals surface area contributed by atoms with E-state index in [0.29, 0.717) is 5.56 Å². The minimum absolute atomic E-state index is 0. The molecule has 1 heterocycles. The van der Waals surface area contributed by atoms with Crippen molar-refractivity contribution in [1.29, 1.82) is 0 Å². The van der Waals surface area contributed by atoms with E-state index in [9.17, 15) is 18.3 Å². The Kier molecular flexibility index (Phi) is 9.25. The molecule has 4 atom stereocenters. The van der Waals surface area contributed by atoms with Gasteiger partial charge in [-0.15, -0.1) is 0 Å². The molecule has 0 radical (unpaired) electrons. The van der Waals surface area contributed by atoms with E-state index in [-0.39, 0.29) is 41.8 Å². The van der Waals surface area contributed by atoms with Crippen molar-refractivity contribution in [3.8, 4) is 0 Å². The van der Waals surface area contributed by atoms with Gasteiger partial charge in [-0.1, -0.05) is 17.7 Å². The third-order valence-electron chi connectivity index (χ3n) is 4.04. The van der Waals surface area contributed by atoms with E-state index in [0.717, 1.165) is 5.56 Å². The Morgan fingerprint density at radius 1 is 1.41 bits per heavy atom. The van der Waals surface area contributed by atoms with Crippen molar-refractivity contribution in [2.75, 3.05) is 12.4 Å². The van der Waals surface area contributed by atoms with Crippen molar-refractivity contribution in [3.63, 3.8) is 0 Å². The summed E-state index contributed by atoms with van der Waals surface area (Å²) in [6, 6.07) is 4.19. The number of ether oxygens (including phenoxy) is 2. The molecule has 0 bridgehead atoms. The number of rotatable bonds is 6. The maximum absolute atomic E-state index is 12.5. The summed E-state index contributed by atoms with van der Waals surface area (Å²) >= 11 is 0. The fourth-order valence-electron chi connectivity index (χ4n) is 2.78. The molecule has 150 valence electrons. The second kappa shape index (κ2) is 10.2. The third kappa shape index (κ3) is 6.45. The van der Waals surface area contributed by atoms with Gasteiger partial charge in [0.25, 0.3) is 0 Å². The van der Waals surface area contributed by atoms with Crippen molar-refractivity contribution in [3.05, 3.63) is 35.9 Å². The number of aryl methyl sites for hydroxylation is 2. The predicted octanol–water partition coefficient (Wildman–Crippen LogP) is 0.474. The van der Waals surface area contributed by atoms with E-state index in [4.69, 9.17) is 14.6 Å². The number of amides is 1. The van der Waals surface area contributed by atoms with Crippen molar-refractivity contribution < 1.29 is 64.0 Å². The Morgan fingerprint density at radius 3 is 2.63 bits per heavy atom. The molecule has 0 aromatic heterocycles. The SMILES string of the molecule is Cc1ccc(S(=O)(=O)CC(C)OC(=O)NC2[CH-]O[C@H](CO)C2O)c(C)c1.[U]. The summed E-state index contributed by atoms with van der Waals surface area (Å²) in [6.45, 7) is 5.87. The Morgan fingerprint density at radius 2 is 2.07 bits per heavy atom. The van der Waals surface area contributed by atoms with Crippen molar-refractivity contribution in [2.24, 2.45) is 0 Å². The van der Waals surface area contributed by atoms with Gasteiger partial charge in [0.15, 0.2) is 9.84 Å². The van der Waals surface area contributed by atoms with Crippen LogP contribution in [0.2, 0.25) is 0 Å². The van der Waals surface area contributed by atoms with Crippen LogP contribution in [0.25, 0.3) is 0 Å². The first kappa shape index (κ1) is 24.4. The number of hydrogen-bond donors (Lipinski definition) is 3. The van der Waals surface area contributed by atoms with Gasteiger partial charge in [-0.25, -0.2) is 13.2 Å². The monoisotopic (exact) mass is 624 g/mol. The average molecular weight is 624 g/mol. The van der Waals surface area contributed by atoms with E-state index in [2.05, 4.69) is 5.32 Å². The summed E-state index contributed by atoms with van der Waals surface area (Å²) in [5, 5.41) is 21.2. The van der Waals surface area contributed by atoms with Crippen molar-refractivity contribution in [1.82, 2.24) is 5.32 Å². The summed E-state index contributed by atoms with van der Waals surface area (Å²) in [7, 11) is -3.62. The zero-order valence-electron chi connectivity index (χ0n) is 15.4. The molecule has 1 aromatic carbocycles. The fraction of sp³-hybridized carbons (Fsp3) is 0.529. The second-order valence-electron chi connectivity index (χ2n) is 6.42. The molecule has 3 unspecified atom stereocenters. The normalized spacial score (nSPS) is 23.4. The summed E-state index contributed by atoms with van der Waals surface area (Å²) in [6.07, 6.45) is -3.70. The van der Waals surface area contributed by atoms with Gasteiger partial charge in [-0.3, -0.25) is 0 Å². The Bertz CT molecular complexity index is 756. The van der Waals surface area contributed by atoms with Gasteiger partial charge < -0.3 is 25.0 Å². The van der Waals surface area contributed by atoms with Crippen molar-refractivity contribution in [2.45, 2.75) is 50.0 Å². The van der Waals surface area contributed by atoms with Crippen LogP contribution in [0, 0.1) is 51.6 Å². The molecule has 0 aliphatic carbocycles. The van der Waals surface area contributed by atoms with Crippen LogP contribution >= 0.6 is 0 Å². The number of benzene rings is 1. The summed E-state index contributed by atoms with van der Waals surface area (Å²) in [4.78, 5) is 12.1. The average Bonchev–Trinajstić information content (AvgIpc) is 2.86. The molecule has 2 rings (SSSR count). The molecular weight excluding hydrogens is 600 g/mol. The minimum atomic E-state index is -3.62. The van der Waals surface area contributed by atoms with Crippen LogP contribution in [-0.2, 0) is 19.3 Å². The van der Waals surface area contributed by atoms with E-state index >= 15 is 0 Å². The molecular formula is C17H24NO7SU-. The van der Waals surface area contributed by atoms with Crippen LogP contribution in [0.1, 0.15) is 18.1 Å². The van der Waals surface area contributed by atoms with Gasteiger partial charge >= 0.3 is 6.09 Å². The first-order valence-corrected chi connectivity index (χ1v) is 9.84. The number of aliphatic hydroxyl groups excluding tert-OH is 2. The number of carbonyl (C=O) groups excluding carboxylic acids is 1. The number of aliphatic hydroxyl groups is 2. The van der Waals surface area contributed by atoms with E-state index < -0.39 is 46.9 Å². The van der Waals surface area contributed by atoms with Gasteiger partial charge in [-0.05, 0) is 38.4 Å². The molecule has 0 spiro atoms. The summed E-state index contributed by atoms with van der Waals surface area (Å²) < 4.78 is 35.1. The van der Waals surface area contributed by atoms with Crippen LogP contribution in [0.3, 0.4) is 0 Å². The van der Waals surface area contributed by atoms with E-state index in [1.165, 1.54) is 13.5 Å². The molecule has 1 amide bonds. The van der Waals surface area contributed by atoms with Crippen LogP contribution in [0.5, 0.6) is 0 Å². The molecule has 1 saturated heterocycles. The zero-order chi connectivity index (χ0) is 19.5. The van der Waals surface area contributed by atoms with Crippen molar-refractivity contribution >= 4 is 15.9 Å². The number of carbonyl (C=O) groups is 1. The maximum Gasteiger partial charge on any atom is 0.405 e. The van der Waals surface area contributed by atoms with Gasteiger partial charge in [-0.2, -0.15) is 6.61 Å². The molecule has 1 fully saturated rings. The second-order valence-corrected chi connectivity index (χ2v) is 8.42. The standard InChI is InChI=1S/C17H24NO7S.U/c1-10-4-5-15(11(2)6-10)26(22,23)9-12(3)25-17(21)18-13-8-24-14(7-19)16(13)20;/h4-6,8,12-14,16,19-20H,7,9H2,1-3H3,(H,18,21);/q-1;/t12?,13?,14-,16?;/m1./s1. The smallest absolute Gasteiger partial charge is 0.405 e. The topological polar surface area (TPSA) is 122 Å².